The van der Waals surface area contributed by atoms with Gasteiger partial charge in [0, 0.05) is 19.1 Å². The van der Waals surface area contributed by atoms with Crippen LogP contribution in [-0.4, -0.2) is 36.6 Å². The largest absolute Gasteiger partial charge is 0.312 e. The molecule has 0 radical (unpaired) electrons. The van der Waals surface area contributed by atoms with E-state index in [0.717, 1.165) is 19.6 Å². The molecule has 0 saturated carbocycles. The molecule has 0 aromatic heterocycles. The molecule has 0 spiro atoms. The summed E-state index contributed by atoms with van der Waals surface area (Å²) in [6.45, 7) is 12.3. The van der Waals surface area contributed by atoms with Crippen molar-refractivity contribution < 1.29 is 0 Å². The highest BCUT2D eigenvalue weighted by Gasteiger charge is 2.29. The molecule has 86 valence electrons. The Labute approximate surface area is 94.4 Å². The summed E-state index contributed by atoms with van der Waals surface area (Å²) in [4.78, 5) is 2.41. The van der Waals surface area contributed by atoms with E-state index in [0.29, 0.717) is 11.5 Å². The van der Waals surface area contributed by atoms with Gasteiger partial charge in [-0.25, -0.2) is 0 Å². The Hall–Kier alpha value is -0.520. The number of nitrogens with zero attached hydrogens (tertiary/aromatic N) is 1. The van der Waals surface area contributed by atoms with Gasteiger partial charge in [-0.1, -0.05) is 26.7 Å². The molecule has 1 aliphatic rings. The van der Waals surface area contributed by atoms with E-state index in [4.69, 9.17) is 6.42 Å². The Bertz CT molecular complexity index is 234. The number of terminal acetylenes is 1. The van der Waals surface area contributed by atoms with Gasteiger partial charge in [-0.2, -0.15) is 0 Å². The van der Waals surface area contributed by atoms with Gasteiger partial charge >= 0.3 is 0 Å². The van der Waals surface area contributed by atoms with E-state index in [-0.39, 0.29) is 6.04 Å². The Balaban J connectivity index is 2.66. The molecule has 15 heavy (non-hydrogen) atoms. The SMILES string of the molecule is C#CC(C)N1CCCNC(C(C)(C)C)C1. The van der Waals surface area contributed by atoms with Crippen molar-refractivity contribution in [3.63, 3.8) is 0 Å². The Morgan fingerprint density at radius 3 is 2.67 bits per heavy atom. The monoisotopic (exact) mass is 208 g/mol. The van der Waals surface area contributed by atoms with Crippen molar-refractivity contribution in [1.29, 1.82) is 0 Å². The van der Waals surface area contributed by atoms with Crippen LogP contribution in [0.2, 0.25) is 0 Å². The maximum Gasteiger partial charge on any atom is 0.0683 e. The van der Waals surface area contributed by atoms with Gasteiger partial charge in [0.15, 0.2) is 0 Å². The van der Waals surface area contributed by atoms with Gasteiger partial charge in [0.1, 0.15) is 0 Å². The summed E-state index contributed by atoms with van der Waals surface area (Å²) in [6, 6.07) is 0.797. The van der Waals surface area contributed by atoms with Crippen molar-refractivity contribution in [1.82, 2.24) is 10.2 Å². The van der Waals surface area contributed by atoms with Gasteiger partial charge < -0.3 is 5.32 Å². The quantitative estimate of drug-likeness (QED) is 0.660. The van der Waals surface area contributed by atoms with Crippen molar-refractivity contribution in [2.45, 2.75) is 46.2 Å². The molecule has 1 rings (SSSR count). The fraction of sp³-hybridized carbons (Fsp3) is 0.846. The van der Waals surface area contributed by atoms with E-state index in [1.807, 2.05) is 0 Å². The van der Waals surface area contributed by atoms with Crippen LogP contribution in [-0.2, 0) is 0 Å². The molecule has 2 nitrogen and oxygen atoms in total. The fourth-order valence-electron chi connectivity index (χ4n) is 1.99. The van der Waals surface area contributed by atoms with Crippen LogP contribution in [0, 0.1) is 17.8 Å². The lowest BCUT2D eigenvalue weighted by molar-refractivity contribution is 0.183. The smallest absolute Gasteiger partial charge is 0.0683 e. The molecule has 0 amide bonds. The normalized spacial score (nSPS) is 26.7. The van der Waals surface area contributed by atoms with Gasteiger partial charge in [0.2, 0.25) is 0 Å². The lowest BCUT2D eigenvalue weighted by Gasteiger charge is -2.34. The molecule has 0 aromatic carbocycles. The van der Waals surface area contributed by atoms with Gasteiger partial charge in [0.25, 0.3) is 0 Å². The lowest BCUT2D eigenvalue weighted by atomic mass is 9.86. The second-order valence-electron chi connectivity index (χ2n) is 5.56. The minimum absolute atomic E-state index is 0.259. The van der Waals surface area contributed by atoms with Crippen LogP contribution >= 0.6 is 0 Å². The van der Waals surface area contributed by atoms with Crippen LogP contribution in [0.3, 0.4) is 0 Å². The van der Waals surface area contributed by atoms with Gasteiger partial charge in [-0.05, 0) is 25.3 Å². The lowest BCUT2D eigenvalue weighted by Crippen LogP contribution is -2.47. The average Bonchev–Trinajstić information content (AvgIpc) is 2.40. The molecular weight excluding hydrogens is 184 g/mol. The van der Waals surface area contributed by atoms with Crippen LogP contribution in [0.5, 0.6) is 0 Å². The summed E-state index contributed by atoms with van der Waals surface area (Å²) in [5.41, 5.74) is 0.302. The van der Waals surface area contributed by atoms with Crippen LogP contribution < -0.4 is 5.32 Å². The van der Waals surface area contributed by atoms with Crippen molar-refractivity contribution >= 4 is 0 Å². The van der Waals surface area contributed by atoms with Crippen molar-refractivity contribution in [2.24, 2.45) is 5.41 Å². The van der Waals surface area contributed by atoms with E-state index >= 15 is 0 Å². The summed E-state index contributed by atoms with van der Waals surface area (Å²) in [6.07, 6.45) is 6.69. The second-order valence-corrected chi connectivity index (χ2v) is 5.56. The van der Waals surface area contributed by atoms with Crippen LogP contribution in [0.4, 0.5) is 0 Å². The standard InChI is InChI=1S/C13H24N2/c1-6-11(2)15-9-7-8-14-12(10-15)13(3,4)5/h1,11-12,14H,7-10H2,2-5H3. The van der Waals surface area contributed by atoms with E-state index in [2.05, 4.69) is 43.8 Å². The maximum absolute atomic E-state index is 5.50. The number of nitrogens with one attached hydrogen (secondary N) is 1. The predicted molar refractivity (Wildman–Crippen MR) is 65.7 cm³/mol. The van der Waals surface area contributed by atoms with Gasteiger partial charge in [-0.15, -0.1) is 6.42 Å². The third-order valence-corrected chi connectivity index (χ3v) is 3.26. The first kappa shape index (κ1) is 12.5. The van der Waals surface area contributed by atoms with Crippen molar-refractivity contribution in [3.05, 3.63) is 0 Å². The molecule has 0 aliphatic carbocycles. The second kappa shape index (κ2) is 5.01. The maximum atomic E-state index is 5.50. The minimum atomic E-state index is 0.259. The molecule has 1 N–H and O–H groups in total. The first-order valence-electron chi connectivity index (χ1n) is 5.88. The molecule has 1 heterocycles. The van der Waals surface area contributed by atoms with Gasteiger partial charge in [0.05, 0.1) is 6.04 Å². The third kappa shape index (κ3) is 3.52. The Morgan fingerprint density at radius 1 is 1.47 bits per heavy atom. The van der Waals surface area contributed by atoms with E-state index < -0.39 is 0 Å². The molecule has 2 unspecified atom stereocenters. The highest BCUT2D eigenvalue weighted by atomic mass is 15.2. The Kier molecular flexibility index (Phi) is 4.19. The summed E-state index contributed by atoms with van der Waals surface area (Å²) in [5.74, 6) is 2.83. The molecule has 2 heteroatoms. The minimum Gasteiger partial charge on any atom is -0.312 e. The molecule has 1 saturated heterocycles. The first-order chi connectivity index (χ1) is 6.95. The number of hydrogen-bond acceptors (Lipinski definition) is 2. The van der Waals surface area contributed by atoms with E-state index in [1.165, 1.54) is 6.42 Å². The molecule has 1 fully saturated rings. The van der Waals surface area contributed by atoms with Crippen LogP contribution in [0.15, 0.2) is 0 Å². The average molecular weight is 208 g/mol. The van der Waals surface area contributed by atoms with Gasteiger partial charge in [-0.3, -0.25) is 4.90 Å². The van der Waals surface area contributed by atoms with Crippen molar-refractivity contribution in [3.8, 4) is 12.3 Å². The van der Waals surface area contributed by atoms with E-state index in [9.17, 15) is 0 Å². The summed E-state index contributed by atoms with van der Waals surface area (Å²) in [5, 5.41) is 3.62. The van der Waals surface area contributed by atoms with Crippen molar-refractivity contribution in [2.75, 3.05) is 19.6 Å². The fourth-order valence-corrected chi connectivity index (χ4v) is 1.99. The van der Waals surface area contributed by atoms with Crippen LogP contribution in [0.25, 0.3) is 0 Å². The molecule has 0 bridgehead atoms. The number of rotatable bonds is 1. The summed E-state index contributed by atoms with van der Waals surface area (Å²) >= 11 is 0. The topological polar surface area (TPSA) is 15.3 Å². The summed E-state index contributed by atoms with van der Waals surface area (Å²) in [7, 11) is 0. The number of hydrogen-bond donors (Lipinski definition) is 1. The molecule has 2 atom stereocenters. The molecular formula is C13H24N2. The third-order valence-electron chi connectivity index (χ3n) is 3.26. The summed E-state index contributed by atoms with van der Waals surface area (Å²) < 4.78 is 0. The highest BCUT2D eigenvalue weighted by molar-refractivity contribution is 4.99. The first-order valence-corrected chi connectivity index (χ1v) is 5.88. The Morgan fingerprint density at radius 2 is 2.13 bits per heavy atom. The zero-order valence-electron chi connectivity index (χ0n) is 10.5. The molecule has 1 aliphatic heterocycles. The van der Waals surface area contributed by atoms with Crippen LogP contribution in [0.1, 0.15) is 34.1 Å². The predicted octanol–water partition coefficient (Wildman–Crippen LogP) is 1.72. The zero-order chi connectivity index (χ0) is 11.5. The molecule has 0 aromatic rings. The van der Waals surface area contributed by atoms with E-state index in [1.54, 1.807) is 0 Å². The highest BCUT2D eigenvalue weighted by Crippen LogP contribution is 2.22. The zero-order valence-corrected chi connectivity index (χ0v) is 10.5.